The average Bonchev–Trinajstić information content (AvgIpc) is 3.48. The third kappa shape index (κ3) is 4.40. The van der Waals surface area contributed by atoms with Crippen molar-refractivity contribution in [2.24, 2.45) is 0 Å². The van der Waals surface area contributed by atoms with Gasteiger partial charge in [0.25, 0.3) is 0 Å². The average molecular weight is 423 g/mol. The molecule has 0 saturated heterocycles. The predicted octanol–water partition coefficient (Wildman–Crippen LogP) is 6.39. The molecule has 0 spiro atoms. The molecule has 4 heteroatoms. The molecule has 0 unspecified atom stereocenters. The number of imidazole rings is 2. The lowest BCUT2D eigenvalue weighted by Gasteiger charge is -2.38. The third-order valence-corrected chi connectivity index (χ3v) is 5.40. The molecule has 0 atom stereocenters. The van der Waals surface area contributed by atoms with Crippen molar-refractivity contribution in [1.82, 2.24) is 19.5 Å². The summed E-state index contributed by atoms with van der Waals surface area (Å²) in [6.45, 7) is 3.98. The molecular weight excluding hydrogens is 392 g/mol. The molecule has 32 heavy (non-hydrogen) atoms. The van der Waals surface area contributed by atoms with Crippen molar-refractivity contribution in [2.45, 2.75) is 26.8 Å². The number of nitrogens with one attached hydrogen (secondary N) is 1. The van der Waals surface area contributed by atoms with Gasteiger partial charge in [-0.2, -0.15) is 0 Å². The van der Waals surface area contributed by atoms with Gasteiger partial charge >= 0.3 is 0 Å². The minimum Gasteiger partial charge on any atom is -0.349 e. The molecule has 3 aromatic carbocycles. The van der Waals surface area contributed by atoms with Gasteiger partial charge in [-0.3, -0.25) is 0 Å². The normalized spacial score (nSPS) is 10.6. The van der Waals surface area contributed by atoms with Crippen LogP contribution in [0, 0.1) is 13.8 Å². The fourth-order valence-corrected chi connectivity index (χ4v) is 4.03. The van der Waals surface area contributed by atoms with E-state index in [1.54, 1.807) is 12.4 Å². The summed E-state index contributed by atoms with van der Waals surface area (Å²) >= 11 is 0. The van der Waals surface area contributed by atoms with Crippen LogP contribution in [0.2, 0.25) is 0 Å². The smallest absolute Gasteiger partial charge is 0.121 e. The Morgan fingerprint density at radius 3 is 1.41 bits per heavy atom. The van der Waals surface area contributed by atoms with E-state index in [-0.39, 0.29) is 7.43 Å². The highest BCUT2D eigenvalue weighted by atomic mass is 15.1. The van der Waals surface area contributed by atoms with Gasteiger partial charge in [0.1, 0.15) is 17.2 Å². The van der Waals surface area contributed by atoms with Crippen LogP contribution in [0.3, 0.4) is 0 Å². The number of nitrogens with zero attached hydrogens (tertiary/aromatic N) is 3. The molecule has 0 fully saturated rings. The first-order chi connectivity index (χ1) is 15.2. The van der Waals surface area contributed by atoms with Gasteiger partial charge < -0.3 is 9.55 Å². The molecule has 5 rings (SSSR count). The van der Waals surface area contributed by atoms with E-state index >= 15 is 0 Å². The predicted molar refractivity (Wildman–Crippen MR) is 132 cm³/mol. The second kappa shape index (κ2) is 10.4. The van der Waals surface area contributed by atoms with Crippen molar-refractivity contribution < 1.29 is 0 Å². The van der Waals surface area contributed by atoms with Gasteiger partial charge in [-0.05, 0) is 30.5 Å². The van der Waals surface area contributed by atoms with Crippen LogP contribution in [0.1, 0.15) is 35.8 Å². The molecule has 0 bridgehead atoms. The van der Waals surface area contributed by atoms with Crippen LogP contribution in [-0.2, 0) is 5.54 Å². The Kier molecular flexibility index (Phi) is 7.40. The minimum absolute atomic E-state index is 0. The van der Waals surface area contributed by atoms with Gasteiger partial charge in [0, 0.05) is 24.8 Å². The summed E-state index contributed by atoms with van der Waals surface area (Å²) < 4.78 is 2.27. The van der Waals surface area contributed by atoms with Crippen LogP contribution in [0.5, 0.6) is 0 Å². The molecule has 0 radical (unpaired) electrons. The van der Waals surface area contributed by atoms with E-state index in [1.165, 1.54) is 16.7 Å². The second-order valence-corrected chi connectivity index (χ2v) is 7.33. The number of aromatic amines is 1. The highest BCUT2D eigenvalue weighted by molar-refractivity contribution is 5.51. The molecule has 4 nitrogen and oxygen atoms in total. The maximum absolute atomic E-state index is 4.52. The van der Waals surface area contributed by atoms with Crippen molar-refractivity contribution in [2.75, 3.05) is 0 Å². The molecule has 0 aliphatic carbocycles. The van der Waals surface area contributed by atoms with Gasteiger partial charge in [-0.15, -0.1) is 0 Å². The first kappa shape index (κ1) is 22.8. The lowest BCUT2D eigenvalue weighted by Crippen LogP contribution is -2.38. The fraction of sp³-hybridized carbons (Fsp3) is 0.143. The SMILES string of the molecule is C.Cc1ncc[nH]1.Cc1nccn1C(c1ccccc1)(c1ccccc1)c1ccccc1. The van der Waals surface area contributed by atoms with Gasteiger partial charge in [0.05, 0.1) is 0 Å². The topological polar surface area (TPSA) is 46.5 Å². The summed E-state index contributed by atoms with van der Waals surface area (Å²) in [6, 6.07) is 31.9. The summed E-state index contributed by atoms with van der Waals surface area (Å²) in [6.07, 6.45) is 7.48. The first-order valence-corrected chi connectivity index (χ1v) is 10.4. The molecule has 2 aromatic heterocycles. The molecule has 162 valence electrons. The summed E-state index contributed by atoms with van der Waals surface area (Å²) in [4.78, 5) is 11.3. The zero-order chi connectivity index (χ0) is 21.5. The summed E-state index contributed by atoms with van der Waals surface area (Å²) in [5.74, 6) is 1.95. The number of benzene rings is 3. The second-order valence-electron chi connectivity index (χ2n) is 7.33. The molecule has 0 saturated carbocycles. The van der Waals surface area contributed by atoms with Crippen molar-refractivity contribution in [1.29, 1.82) is 0 Å². The highest BCUT2D eigenvalue weighted by Crippen LogP contribution is 2.41. The quantitative estimate of drug-likeness (QED) is 0.341. The number of hydrogen-bond acceptors (Lipinski definition) is 2. The molecule has 0 aliphatic heterocycles. The lowest BCUT2D eigenvalue weighted by molar-refractivity contribution is 0.502. The van der Waals surface area contributed by atoms with Crippen molar-refractivity contribution in [3.63, 3.8) is 0 Å². The van der Waals surface area contributed by atoms with Crippen molar-refractivity contribution >= 4 is 0 Å². The molecule has 0 amide bonds. The van der Waals surface area contributed by atoms with E-state index in [4.69, 9.17) is 0 Å². The van der Waals surface area contributed by atoms with Crippen LogP contribution in [0.15, 0.2) is 116 Å². The largest absolute Gasteiger partial charge is 0.349 e. The van der Waals surface area contributed by atoms with E-state index in [1.807, 2.05) is 13.1 Å². The van der Waals surface area contributed by atoms with Gasteiger partial charge in [-0.1, -0.05) is 98.4 Å². The van der Waals surface area contributed by atoms with Crippen molar-refractivity contribution in [3.8, 4) is 0 Å². The number of aryl methyl sites for hydroxylation is 2. The Bertz CT molecular complexity index is 1080. The Hall–Kier alpha value is -3.92. The Labute approximate surface area is 190 Å². The molecular formula is C28H30N4. The van der Waals surface area contributed by atoms with E-state index in [0.29, 0.717) is 0 Å². The summed E-state index contributed by atoms with van der Waals surface area (Å²) in [5, 5.41) is 0. The molecule has 2 heterocycles. The van der Waals surface area contributed by atoms with Crippen LogP contribution in [0.4, 0.5) is 0 Å². The maximum atomic E-state index is 4.52. The Morgan fingerprint density at radius 1 is 0.656 bits per heavy atom. The van der Waals surface area contributed by atoms with E-state index in [0.717, 1.165) is 11.6 Å². The summed E-state index contributed by atoms with van der Waals surface area (Å²) in [5.41, 5.74) is 3.19. The minimum atomic E-state index is -0.454. The number of H-pyrrole nitrogens is 1. The van der Waals surface area contributed by atoms with Crippen LogP contribution in [0.25, 0.3) is 0 Å². The van der Waals surface area contributed by atoms with Crippen LogP contribution < -0.4 is 0 Å². The Balaban J connectivity index is 0.000000360. The third-order valence-electron chi connectivity index (χ3n) is 5.40. The monoisotopic (exact) mass is 422 g/mol. The molecule has 0 aliphatic rings. The Morgan fingerprint density at radius 2 is 1.12 bits per heavy atom. The van der Waals surface area contributed by atoms with E-state index in [2.05, 4.69) is 124 Å². The fourth-order valence-electron chi connectivity index (χ4n) is 4.03. The molecule has 1 N–H and O–H groups in total. The lowest BCUT2D eigenvalue weighted by atomic mass is 9.76. The highest BCUT2D eigenvalue weighted by Gasteiger charge is 2.38. The first-order valence-electron chi connectivity index (χ1n) is 10.4. The van der Waals surface area contributed by atoms with Crippen LogP contribution in [-0.4, -0.2) is 19.5 Å². The van der Waals surface area contributed by atoms with Gasteiger partial charge in [0.15, 0.2) is 0 Å². The molecule has 5 aromatic rings. The van der Waals surface area contributed by atoms with Gasteiger partial charge in [0.2, 0.25) is 0 Å². The summed E-state index contributed by atoms with van der Waals surface area (Å²) in [7, 11) is 0. The number of rotatable bonds is 4. The van der Waals surface area contributed by atoms with E-state index in [9.17, 15) is 0 Å². The zero-order valence-corrected chi connectivity index (χ0v) is 17.8. The zero-order valence-electron chi connectivity index (χ0n) is 17.8. The van der Waals surface area contributed by atoms with E-state index < -0.39 is 5.54 Å². The van der Waals surface area contributed by atoms with Crippen LogP contribution >= 0.6 is 0 Å². The number of aromatic nitrogens is 4. The van der Waals surface area contributed by atoms with Gasteiger partial charge in [-0.25, -0.2) is 9.97 Å². The maximum Gasteiger partial charge on any atom is 0.121 e. The number of hydrogen-bond donors (Lipinski definition) is 1. The van der Waals surface area contributed by atoms with Crippen molar-refractivity contribution in [3.05, 3.63) is 144 Å². The standard InChI is InChI=1S/C23H20N2.C4H6N2.CH4/c1-19-24-17-18-25(19)23(20-11-5-2-6-12-20,21-13-7-3-8-14-21)22-15-9-4-10-16-22;1-4-5-2-3-6-4;/h2-18H,1H3;2-3H,1H3,(H,5,6);1H4.